The Morgan fingerprint density at radius 1 is 1.16 bits per heavy atom. The van der Waals surface area contributed by atoms with Crippen LogP contribution in [0.1, 0.15) is 38.2 Å². The van der Waals surface area contributed by atoms with Gasteiger partial charge in [-0.2, -0.15) is 4.31 Å². The third kappa shape index (κ3) is 5.27. The Labute approximate surface area is 148 Å². The molecule has 138 valence electrons. The summed E-state index contributed by atoms with van der Waals surface area (Å²) < 4.78 is 26.6. The standard InChI is InChI=1S/C17H24N2O5S/c1-13(17(21)22)18-16(20)10-7-14-5-8-15(9-6-14)25(23,24)19-11-3-2-4-12-19/h5-6,8-9,13H,2-4,7,10-12H2,1H3,(H,18,20)(H,21,22). The van der Waals surface area contributed by atoms with Gasteiger partial charge in [0.05, 0.1) is 4.90 Å². The molecule has 8 heteroatoms. The molecule has 0 bridgehead atoms. The molecule has 1 amide bonds. The molecule has 1 aliphatic heterocycles. The highest BCUT2D eigenvalue weighted by atomic mass is 32.2. The molecule has 1 aromatic carbocycles. The zero-order valence-electron chi connectivity index (χ0n) is 14.3. The average molecular weight is 368 g/mol. The molecular weight excluding hydrogens is 344 g/mol. The molecule has 2 N–H and O–H groups in total. The molecule has 0 aliphatic carbocycles. The van der Waals surface area contributed by atoms with Crippen LogP contribution in [-0.2, 0) is 26.0 Å². The van der Waals surface area contributed by atoms with Crippen LogP contribution in [-0.4, -0.2) is 48.8 Å². The third-order valence-electron chi connectivity index (χ3n) is 4.26. The number of carboxylic acid groups (broad SMARTS) is 1. The van der Waals surface area contributed by atoms with Gasteiger partial charge >= 0.3 is 5.97 Å². The average Bonchev–Trinajstić information content (AvgIpc) is 2.61. The Morgan fingerprint density at radius 2 is 1.76 bits per heavy atom. The van der Waals surface area contributed by atoms with Crippen molar-refractivity contribution in [1.29, 1.82) is 0 Å². The summed E-state index contributed by atoms with van der Waals surface area (Å²) in [5, 5.41) is 11.1. The number of nitrogens with one attached hydrogen (secondary N) is 1. The van der Waals surface area contributed by atoms with E-state index >= 15 is 0 Å². The van der Waals surface area contributed by atoms with E-state index in [0.29, 0.717) is 19.5 Å². The van der Waals surface area contributed by atoms with Gasteiger partial charge in [0.25, 0.3) is 0 Å². The Bertz CT molecular complexity index is 709. The van der Waals surface area contributed by atoms with Crippen LogP contribution in [0.25, 0.3) is 0 Å². The van der Waals surface area contributed by atoms with Gasteiger partial charge < -0.3 is 10.4 Å². The number of nitrogens with zero attached hydrogens (tertiary/aromatic N) is 1. The summed E-state index contributed by atoms with van der Waals surface area (Å²) in [6.07, 6.45) is 3.41. The minimum atomic E-state index is -3.45. The van der Waals surface area contributed by atoms with E-state index in [-0.39, 0.29) is 17.2 Å². The monoisotopic (exact) mass is 368 g/mol. The molecule has 0 radical (unpaired) electrons. The summed E-state index contributed by atoms with van der Waals surface area (Å²) in [5.74, 6) is -1.43. The number of piperidine rings is 1. The molecule has 0 spiro atoms. The normalized spacial score (nSPS) is 17.0. The maximum Gasteiger partial charge on any atom is 0.325 e. The van der Waals surface area contributed by atoms with Crippen LogP contribution in [0.15, 0.2) is 29.2 Å². The predicted molar refractivity (Wildman–Crippen MR) is 92.6 cm³/mol. The lowest BCUT2D eigenvalue weighted by Gasteiger charge is -2.25. The van der Waals surface area contributed by atoms with E-state index in [1.54, 1.807) is 24.3 Å². The highest BCUT2D eigenvalue weighted by Gasteiger charge is 2.25. The van der Waals surface area contributed by atoms with Crippen molar-refractivity contribution in [2.45, 2.75) is 50.0 Å². The van der Waals surface area contributed by atoms with E-state index in [9.17, 15) is 18.0 Å². The molecule has 1 atom stereocenters. The van der Waals surface area contributed by atoms with E-state index in [2.05, 4.69) is 5.32 Å². The summed E-state index contributed by atoms with van der Waals surface area (Å²) in [4.78, 5) is 22.6. The van der Waals surface area contributed by atoms with Crippen LogP contribution in [0.3, 0.4) is 0 Å². The summed E-state index contributed by atoms with van der Waals surface area (Å²) in [5.41, 5.74) is 0.829. The van der Waals surface area contributed by atoms with Crippen LogP contribution in [0, 0.1) is 0 Å². The summed E-state index contributed by atoms with van der Waals surface area (Å²) >= 11 is 0. The van der Waals surface area contributed by atoms with Gasteiger partial charge in [0, 0.05) is 19.5 Å². The number of aryl methyl sites for hydroxylation is 1. The van der Waals surface area contributed by atoms with Crippen LogP contribution >= 0.6 is 0 Å². The van der Waals surface area contributed by atoms with Crippen LogP contribution < -0.4 is 5.32 Å². The van der Waals surface area contributed by atoms with E-state index < -0.39 is 22.0 Å². The quantitative estimate of drug-likeness (QED) is 0.757. The van der Waals surface area contributed by atoms with Crippen molar-refractivity contribution in [2.75, 3.05) is 13.1 Å². The van der Waals surface area contributed by atoms with Crippen LogP contribution in [0.2, 0.25) is 0 Å². The molecule has 1 unspecified atom stereocenters. The molecular formula is C17H24N2O5S. The Morgan fingerprint density at radius 3 is 2.32 bits per heavy atom. The van der Waals surface area contributed by atoms with Gasteiger partial charge in [-0.1, -0.05) is 18.6 Å². The highest BCUT2D eigenvalue weighted by Crippen LogP contribution is 2.21. The molecule has 25 heavy (non-hydrogen) atoms. The number of rotatable bonds is 7. The zero-order valence-corrected chi connectivity index (χ0v) is 15.1. The van der Waals surface area contributed by atoms with Crippen molar-refractivity contribution in [3.05, 3.63) is 29.8 Å². The molecule has 1 aromatic rings. The van der Waals surface area contributed by atoms with Crippen molar-refractivity contribution in [3.8, 4) is 0 Å². The first-order valence-electron chi connectivity index (χ1n) is 8.42. The smallest absolute Gasteiger partial charge is 0.325 e. The topological polar surface area (TPSA) is 104 Å². The maximum absolute atomic E-state index is 12.6. The molecule has 1 aliphatic rings. The Hall–Kier alpha value is -1.93. The number of amides is 1. The first-order valence-corrected chi connectivity index (χ1v) is 9.86. The van der Waals surface area contributed by atoms with E-state index in [1.165, 1.54) is 11.2 Å². The first kappa shape index (κ1) is 19.4. The minimum Gasteiger partial charge on any atom is -0.480 e. The lowest BCUT2D eigenvalue weighted by Crippen LogP contribution is -2.38. The second-order valence-electron chi connectivity index (χ2n) is 6.24. The largest absolute Gasteiger partial charge is 0.480 e. The van der Waals surface area contributed by atoms with Crippen molar-refractivity contribution in [2.24, 2.45) is 0 Å². The third-order valence-corrected chi connectivity index (χ3v) is 6.18. The fraction of sp³-hybridized carbons (Fsp3) is 0.529. The zero-order chi connectivity index (χ0) is 18.4. The first-order chi connectivity index (χ1) is 11.8. The number of carboxylic acids is 1. The molecule has 1 saturated heterocycles. The molecule has 2 rings (SSSR count). The fourth-order valence-electron chi connectivity index (χ4n) is 2.72. The van der Waals surface area contributed by atoms with E-state index in [4.69, 9.17) is 5.11 Å². The SMILES string of the molecule is CC(NC(=O)CCc1ccc(S(=O)(=O)N2CCCCC2)cc1)C(=O)O. The Balaban J connectivity index is 1.93. The summed E-state index contributed by atoms with van der Waals surface area (Å²) in [6.45, 7) is 2.53. The van der Waals surface area contributed by atoms with Gasteiger partial charge in [0.2, 0.25) is 15.9 Å². The maximum atomic E-state index is 12.6. The van der Waals surface area contributed by atoms with Gasteiger partial charge in [0.15, 0.2) is 0 Å². The van der Waals surface area contributed by atoms with Gasteiger partial charge in [-0.05, 0) is 43.9 Å². The summed E-state index contributed by atoms with van der Waals surface area (Å²) in [7, 11) is -3.45. The highest BCUT2D eigenvalue weighted by molar-refractivity contribution is 7.89. The van der Waals surface area contributed by atoms with E-state index in [0.717, 1.165) is 24.8 Å². The van der Waals surface area contributed by atoms with Crippen molar-refractivity contribution < 1.29 is 23.1 Å². The number of aliphatic carboxylic acids is 1. The minimum absolute atomic E-state index is 0.149. The lowest BCUT2D eigenvalue weighted by atomic mass is 10.1. The number of benzene rings is 1. The number of carbonyl (C=O) groups excluding carboxylic acids is 1. The second kappa shape index (κ2) is 8.44. The van der Waals surface area contributed by atoms with Gasteiger partial charge in [0.1, 0.15) is 6.04 Å². The van der Waals surface area contributed by atoms with Gasteiger partial charge in [-0.25, -0.2) is 8.42 Å². The predicted octanol–water partition coefficient (Wildman–Crippen LogP) is 1.38. The number of hydrogen-bond acceptors (Lipinski definition) is 4. The number of hydrogen-bond donors (Lipinski definition) is 2. The Kier molecular flexibility index (Phi) is 6.55. The number of sulfonamides is 1. The van der Waals surface area contributed by atoms with Crippen LogP contribution in [0.4, 0.5) is 0 Å². The molecule has 0 saturated carbocycles. The molecule has 0 aromatic heterocycles. The van der Waals surface area contributed by atoms with E-state index in [1.807, 2.05) is 0 Å². The second-order valence-corrected chi connectivity index (χ2v) is 8.17. The van der Waals surface area contributed by atoms with Crippen LogP contribution in [0.5, 0.6) is 0 Å². The fourth-order valence-corrected chi connectivity index (χ4v) is 4.23. The molecule has 7 nitrogen and oxygen atoms in total. The number of carbonyl (C=O) groups is 2. The molecule has 1 fully saturated rings. The van der Waals surface area contributed by atoms with Gasteiger partial charge in [-0.3, -0.25) is 9.59 Å². The lowest BCUT2D eigenvalue weighted by molar-refractivity contribution is -0.141. The van der Waals surface area contributed by atoms with Crippen molar-refractivity contribution in [3.63, 3.8) is 0 Å². The van der Waals surface area contributed by atoms with Gasteiger partial charge in [-0.15, -0.1) is 0 Å². The summed E-state index contributed by atoms with van der Waals surface area (Å²) in [6, 6.07) is 5.60. The molecule has 1 heterocycles. The van der Waals surface area contributed by atoms with Crippen molar-refractivity contribution >= 4 is 21.9 Å². The van der Waals surface area contributed by atoms with Crippen molar-refractivity contribution in [1.82, 2.24) is 9.62 Å².